The molecule has 26 heavy (non-hydrogen) atoms. The molecule has 0 aliphatic carbocycles. The summed E-state index contributed by atoms with van der Waals surface area (Å²) in [7, 11) is 0. The molecule has 1 aliphatic heterocycles. The third-order valence-corrected chi connectivity index (χ3v) is 4.97. The largest absolute Gasteiger partial charge is 0.341 e. The van der Waals surface area contributed by atoms with Crippen LogP contribution in [0.1, 0.15) is 24.7 Å². The van der Waals surface area contributed by atoms with Crippen molar-refractivity contribution in [1.82, 2.24) is 29.2 Å². The summed E-state index contributed by atoms with van der Waals surface area (Å²) in [5.41, 5.74) is 0.492. The van der Waals surface area contributed by atoms with E-state index in [4.69, 9.17) is 0 Å². The summed E-state index contributed by atoms with van der Waals surface area (Å²) in [6.07, 6.45) is 4.91. The van der Waals surface area contributed by atoms with Gasteiger partial charge in [0, 0.05) is 13.1 Å². The number of carbonyl (C=O) groups is 1. The van der Waals surface area contributed by atoms with E-state index in [1.54, 1.807) is 19.3 Å². The predicted octanol–water partition coefficient (Wildman–Crippen LogP) is 1.16. The van der Waals surface area contributed by atoms with Crippen molar-refractivity contribution in [1.29, 1.82) is 0 Å². The number of benzene rings is 1. The van der Waals surface area contributed by atoms with Crippen molar-refractivity contribution in [2.24, 2.45) is 0 Å². The maximum absolute atomic E-state index is 12.7. The van der Waals surface area contributed by atoms with E-state index in [-0.39, 0.29) is 24.1 Å². The molecule has 8 heteroatoms. The summed E-state index contributed by atoms with van der Waals surface area (Å²) < 4.78 is 3.32. The van der Waals surface area contributed by atoms with Gasteiger partial charge in [-0.2, -0.15) is 5.10 Å². The van der Waals surface area contributed by atoms with Gasteiger partial charge in [0.25, 0.3) is 5.56 Å². The van der Waals surface area contributed by atoms with E-state index >= 15 is 0 Å². The lowest BCUT2D eigenvalue weighted by Gasteiger charge is -2.32. The Bertz CT molecular complexity index is 987. The molecule has 0 unspecified atom stereocenters. The Hall–Kier alpha value is -3.03. The molecule has 0 atom stereocenters. The van der Waals surface area contributed by atoms with Crippen LogP contribution in [-0.2, 0) is 11.3 Å². The minimum atomic E-state index is -0.168. The van der Waals surface area contributed by atoms with Gasteiger partial charge < -0.3 is 4.90 Å². The van der Waals surface area contributed by atoms with E-state index in [1.807, 2.05) is 27.8 Å². The smallest absolute Gasteiger partial charge is 0.261 e. The Morgan fingerprint density at radius 1 is 1.23 bits per heavy atom. The SMILES string of the molecule is Cc1nc2ccccc2c(=O)n1CC(=O)N1CCC(n2cncn2)CC1. The first-order valence-electron chi connectivity index (χ1n) is 8.71. The first kappa shape index (κ1) is 16.4. The normalized spacial score (nSPS) is 15.5. The molecule has 2 aromatic heterocycles. The van der Waals surface area contributed by atoms with E-state index in [0.29, 0.717) is 29.8 Å². The number of aryl methyl sites for hydroxylation is 1. The Morgan fingerprint density at radius 3 is 2.73 bits per heavy atom. The zero-order valence-electron chi connectivity index (χ0n) is 14.6. The van der Waals surface area contributed by atoms with Gasteiger partial charge >= 0.3 is 0 Å². The molecule has 1 saturated heterocycles. The van der Waals surface area contributed by atoms with E-state index in [0.717, 1.165) is 12.8 Å². The van der Waals surface area contributed by atoms with Crippen LogP contribution < -0.4 is 5.56 Å². The average molecular weight is 352 g/mol. The summed E-state index contributed by atoms with van der Waals surface area (Å²) >= 11 is 0. The van der Waals surface area contributed by atoms with Gasteiger partial charge in [0.2, 0.25) is 5.91 Å². The van der Waals surface area contributed by atoms with Gasteiger partial charge in [0.05, 0.1) is 16.9 Å². The Kier molecular flexibility index (Phi) is 4.24. The van der Waals surface area contributed by atoms with Gasteiger partial charge in [-0.3, -0.25) is 14.2 Å². The standard InChI is InChI=1S/C18H20N6O2/c1-13-21-16-5-3-2-4-15(16)18(26)23(13)10-17(25)22-8-6-14(7-9-22)24-12-19-11-20-24/h2-5,11-12,14H,6-10H2,1H3. The highest BCUT2D eigenvalue weighted by Gasteiger charge is 2.25. The minimum Gasteiger partial charge on any atom is -0.341 e. The van der Waals surface area contributed by atoms with Crippen LogP contribution in [0.25, 0.3) is 10.9 Å². The predicted molar refractivity (Wildman–Crippen MR) is 95.6 cm³/mol. The summed E-state index contributed by atoms with van der Waals surface area (Å²) in [6.45, 7) is 3.09. The molecule has 0 saturated carbocycles. The quantitative estimate of drug-likeness (QED) is 0.706. The molecule has 1 aliphatic rings. The minimum absolute atomic E-state index is 0.0243. The Morgan fingerprint density at radius 2 is 2.00 bits per heavy atom. The highest BCUT2D eigenvalue weighted by atomic mass is 16.2. The lowest BCUT2D eigenvalue weighted by atomic mass is 10.1. The van der Waals surface area contributed by atoms with Gasteiger partial charge in [-0.25, -0.2) is 14.6 Å². The molecule has 0 N–H and O–H groups in total. The monoisotopic (exact) mass is 352 g/mol. The van der Waals surface area contributed by atoms with E-state index < -0.39 is 0 Å². The number of nitrogens with zero attached hydrogens (tertiary/aromatic N) is 6. The second-order valence-corrected chi connectivity index (χ2v) is 6.55. The van der Waals surface area contributed by atoms with Gasteiger partial charge in [-0.05, 0) is 31.9 Å². The van der Waals surface area contributed by atoms with Crippen LogP contribution >= 0.6 is 0 Å². The number of carbonyl (C=O) groups excluding carboxylic acids is 1. The maximum Gasteiger partial charge on any atom is 0.261 e. The van der Waals surface area contributed by atoms with Crippen molar-refractivity contribution in [2.45, 2.75) is 32.4 Å². The summed E-state index contributed by atoms with van der Waals surface area (Å²) in [4.78, 5) is 35.7. The first-order valence-corrected chi connectivity index (χ1v) is 8.71. The van der Waals surface area contributed by atoms with Gasteiger partial charge in [0.15, 0.2) is 0 Å². The summed E-state index contributed by atoms with van der Waals surface area (Å²) in [6, 6.07) is 7.48. The molecule has 8 nitrogen and oxygen atoms in total. The van der Waals surface area contributed by atoms with Crippen molar-refractivity contribution in [3.8, 4) is 0 Å². The van der Waals surface area contributed by atoms with Crippen LogP contribution in [0.3, 0.4) is 0 Å². The number of amides is 1. The molecule has 0 bridgehead atoms. The fraction of sp³-hybridized carbons (Fsp3) is 0.389. The molecular weight excluding hydrogens is 332 g/mol. The van der Waals surface area contributed by atoms with Crippen molar-refractivity contribution >= 4 is 16.8 Å². The number of rotatable bonds is 3. The zero-order valence-corrected chi connectivity index (χ0v) is 14.6. The third kappa shape index (κ3) is 2.98. The molecule has 134 valence electrons. The highest BCUT2D eigenvalue weighted by molar-refractivity contribution is 5.79. The highest BCUT2D eigenvalue weighted by Crippen LogP contribution is 2.21. The van der Waals surface area contributed by atoms with E-state index in [1.165, 1.54) is 10.9 Å². The fourth-order valence-electron chi connectivity index (χ4n) is 3.49. The van der Waals surface area contributed by atoms with Crippen LogP contribution in [0.15, 0.2) is 41.7 Å². The van der Waals surface area contributed by atoms with Crippen LogP contribution in [0.4, 0.5) is 0 Å². The van der Waals surface area contributed by atoms with Crippen LogP contribution in [0.2, 0.25) is 0 Å². The maximum atomic E-state index is 12.7. The molecule has 1 amide bonds. The van der Waals surface area contributed by atoms with E-state index in [9.17, 15) is 9.59 Å². The molecule has 3 aromatic rings. The molecule has 4 rings (SSSR count). The zero-order chi connectivity index (χ0) is 18.1. The molecular formula is C18H20N6O2. The molecule has 1 aromatic carbocycles. The number of hydrogen-bond donors (Lipinski definition) is 0. The number of hydrogen-bond acceptors (Lipinski definition) is 5. The van der Waals surface area contributed by atoms with Gasteiger partial charge in [-0.15, -0.1) is 0 Å². The van der Waals surface area contributed by atoms with Gasteiger partial charge in [0.1, 0.15) is 25.0 Å². The summed E-state index contributed by atoms with van der Waals surface area (Å²) in [5, 5.41) is 4.72. The third-order valence-electron chi connectivity index (χ3n) is 4.97. The average Bonchev–Trinajstić information content (AvgIpc) is 3.20. The molecule has 1 fully saturated rings. The number of para-hydroxylation sites is 1. The fourth-order valence-corrected chi connectivity index (χ4v) is 3.49. The van der Waals surface area contributed by atoms with Crippen molar-refractivity contribution in [3.63, 3.8) is 0 Å². The Labute approximate surface area is 150 Å². The second-order valence-electron chi connectivity index (χ2n) is 6.55. The number of fused-ring (bicyclic) bond motifs is 1. The van der Waals surface area contributed by atoms with Crippen LogP contribution in [0, 0.1) is 6.92 Å². The summed E-state index contributed by atoms with van der Waals surface area (Å²) in [5.74, 6) is 0.504. The number of piperidine rings is 1. The number of aromatic nitrogens is 5. The van der Waals surface area contributed by atoms with Crippen LogP contribution in [0.5, 0.6) is 0 Å². The van der Waals surface area contributed by atoms with Crippen LogP contribution in [-0.4, -0.2) is 48.2 Å². The first-order chi connectivity index (χ1) is 12.6. The topological polar surface area (TPSA) is 85.9 Å². The lowest BCUT2D eigenvalue weighted by molar-refractivity contribution is -0.133. The number of likely N-dealkylation sites (tertiary alicyclic amines) is 1. The van der Waals surface area contributed by atoms with E-state index in [2.05, 4.69) is 15.1 Å². The Balaban J connectivity index is 1.49. The van der Waals surface area contributed by atoms with Gasteiger partial charge in [-0.1, -0.05) is 12.1 Å². The molecule has 0 spiro atoms. The van der Waals surface area contributed by atoms with Crippen molar-refractivity contribution < 1.29 is 4.79 Å². The second kappa shape index (κ2) is 6.70. The van der Waals surface area contributed by atoms with Crippen molar-refractivity contribution in [2.75, 3.05) is 13.1 Å². The molecule has 3 heterocycles. The lowest BCUT2D eigenvalue weighted by Crippen LogP contribution is -2.42. The van der Waals surface area contributed by atoms with Crippen molar-refractivity contribution in [3.05, 3.63) is 53.1 Å². The molecule has 0 radical (unpaired) electrons.